The summed E-state index contributed by atoms with van der Waals surface area (Å²) in [5.41, 5.74) is 0.0526. The summed E-state index contributed by atoms with van der Waals surface area (Å²) in [5, 5.41) is 8.94. The number of benzene rings is 1. The van der Waals surface area contributed by atoms with Crippen LogP contribution >= 0.6 is 0 Å². The average Bonchev–Trinajstić information content (AvgIpc) is 2.58. The maximum absolute atomic E-state index is 11.3. The van der Waals surface area contributed by atoms with Crippen LogP contribution in [-0.2, 0) is 9.84 Å². The number of ether oxygens (including phenoxy) is 1. The fourth-order valence-corrected chi connectivity index (χ4v) is 3.37. The van der Waals surface area contributed by atoms with Crippen LogP contribution in [0.2, 0.25) is 0 Å². The van der Waals surface area contributed by atoms with Gasteiger partial charge >= 0.3 is 5.97 Å². The highest BCUT2D eigenvalue weighted by atomic mass is 32.2. The lowest BCUT2D eigenvalue weighted by Gasteiger charge is -2.13. The van der Waals surface area contributed by atoms with E-state index in [1.165, 1.54) is 12.1 Å². The second kappa shape index (κ2) is 4.37. The number of carboxylic acids is 1. The second-order valence-corrected chi connectivity index (χ2v) is 6.17. The molecule has 92 valence electrons. The van der Waals surface area contributed by atoms with E-state index in [1.807, 2.05) is 0 Å². The van der Waals surface area contributed by atoms with E-state index in [4.69, 9.17) is 9.84 Å². The van der Waals surface area contributed by atoms with E-state index in [-0.39, 0.29) is 22.8 Å². The van der Waals surface area contributed by atoms with Gasteiger partial charge in [-0.25, -0.2) is 13.2 Å². The summed E-state index contributed by atoms with van der Waals surface area (Å²) in [4.78, 5) is 10.9. The van der Waals surface area contributed by atoms with Crippen LogP contribution in [0.4, 0.5) is 0 Å². The van der Waals surface area contributed by atoms with Crippen molar-refractivity contribution in [3.63, 3.8) is 0 Å². The maximum atomic E-state index is 11.3. The normalized spacial score (nSPS) is 22.2. The zero-order valence-corrected chi connectivity index (χ0v) is 9.81. The Morgan fingerprint density at radius 1 is 1.35 bits per heavy atom. The third-order valence-electron chi connectivity index (χ3n) is 2.60. The van der Waals surface area contributed by atoms with Gasteiger partial charge in [0.2, 0.25) is 0 Å². The Labute approximate surface area is 98.9 Å². The van der Waals surface area contributed by atoms with Crippen molar-refractivity contribution in [3.8, 4) is 5.75 Å². The molecule has 17 heavy (non-hydrogen) atoms. The number of hydrogen-bond donors (Lipinski definition) is 1. The summed E-state index contributed by atoms with van der Waals surface area (Å²) in [7, 11) is -3.02. The predicted molar refractivity (Wildman–Crippen MR) is 61.1 cm³/mol. The topological polar surface area (TPSA) is 80.7 Å². The molecule has 1 unspecified atom stereocenters. The van der Waals surface area contributed by atoms with Crippen LogP contribution < -0.4 is 4.74 Å². The fourth-order valence-electron chi connectivity index (χ4n) is 1.78. The van der Waals surface area contributed by atoms with Crippen LogP contribution in [0.1, 0.15) is 16.8 Å². The molecule has 0 saturated carbocycles. The Morgan fingerprint density at radius 2 is 2.06 bits per heavy atom. The molecule has 1 heterocycles. The summed E-state index contributed by atoms with van der Waals surface area (Å²) in [5.74, 6) is -0.794. The van der Waals surface area contributed by atoms with Crippen molar-refractivity contribution in [1.29, 1.82) is 0 Å². The minimum Gasteiger partial charge on any atom is -0.488 e. The molecule has 1 saturated heterocycles. The van der Waals surface area contributed by atoms with Gasteiger partial charge < -0.3 is 9.84 Å². The molecule has 0 amide bonds. The van der Waals surface area contributed by atoms with Crippen molar-refractivity contribution in [2.24, 2.45) is 0 Å². The van der Waals surface area contributed by atoms with Gasteiger partial charge in [0.1, 0.15) is 17.4 Å². The number of carbonyl (C=O) groups is 1. The van der Waals surface area contributed by atoms with Crippen molar-refractivity contribution in [3.05, 3.63) is 29.8 Å². The number of aromatic carboxylic acids is 1. The first-order chi connectivity index (χ1) is 7.98. The highest BCUT2D eigenvalue weighted by Gasteiger charge is 2.30. The van der Waals surface area contributed by atoms with E-state index < -0.39 is 21.9 Å². The summed E-state index contributed by atoms with van der Waals surface area (Å²) < 4.78 is 28.0. The molecule has 1 N–H and O–H groups in total. The summed E-state index contributed by atoms with van der Waals surface area (Å²) in [6, 6.07) is 6.22. The largest absolute Gasteiger partial charge is 0.488 e. The number of rotatable bonds is 3. The fraction of sp³-hybridized carbons (Fsp3) is 0.364. The molecule has 1 aliphatic rings. The zero-order valence-electron chi connectivity index (χ0n) is 9.00. The Morgan fingerprint density at radius 3 is 2.65 bits per heavy atom. The third-order valence-corrected chi connectivity index (χ3v) is 4.34. The van der Waals surface area contributed by atoms with Gasteiger partial charge in [0, 0.05) is 0 Å². The van der Waals surface area contributed by atoms with Crippen LogP contribution in [0.25, 0.3) is 0 Å². The average molecular weight is 256 g/mol. The van der Waals surface area contributed by atoms with E-state index in [9.17, 15) is 13.2 Å². The Bertz CT molecular complexity index is 535. The molecule has 2 rings (SSSR count). The van der Waals surface area contributed by atoms with E-state index in [0.29, 0.717) is 6.42 Å². The van der Waals surface area contributed by atoms with Gasteiger partial charge in [-0.15, -0.1) is 0 Å². The van der Waals surface area contributed by atoms with Crippen LogP contribution in [0.5, 0.6) is 5.75 Å². The number of sulfone groups is 1. The first kappa shape index (κ1) is 11.9. The lowest BCUT2D eigenvalue weighted by molar-refractivity contribution is 0.0690. The quantitative estimate of drug-likeness (QED) is 0.870. The molecule has 0 radical (unpaired) electrons. The van der Waals surface area contributed by atoms with Crippen molar-refractivity contribution in [2.75, 3.05) is 11.5 Å². The number of carboxylic acid groups (broad SMARTS) is 1. The van der Waals surface area contributed by atoms with E-state index in [1.54, 1.807) is 12.1 Å². The smallest absolute Gasteiger partial charge is 0.339 e. The molecular weight excluding hydrogens is 244 g/mol. The molecule has 1 aliphatic heterocycles. The first-order valence-electron chi connectivity index (χ1n) is 5.17. The van der Waals surface area contributed by atoms with Crippen LogP contribution in [0.3, 0.4) is 0 Å². The third kappa shape index (κ3) is 2.76. The second-order valence-electron chi connectivity index (χ2n) is 3.94. The Hall–Kier alpha value is -1.56. The molecular formula is C11H12O5S. The van der Waals surface area contributed by atoms with Gasteiger partial charge in [-0.2, -0.15) is 0 Å². The van der Waals surface area contributed by atoms with Crippen molar-refractivity contribution in [1.82, 2.24) is 0 Å². The van der Waals surface area contributed by atoms with Crippen molar-refractivity contribution >= 4 is 15.8 Å². The molecule has 1 aromatic carbocycles. The molecule has 0 aromatic heterocycles. The molecule has 0 spiro atoms. The van der Waals surface area contributed by atoms with Gasteiger partial charge in [0.05, 0.1) is 11.5 Å². The van der Waals surface area contributed by atoms with Gasteiger partial charge in [0.15, 0.2) is 9.84 Å². The van der Waals surface area contributed by atoms with Crippen molar-refractivity contribution in [2.45, 2.75) is 12.5 Å². The Kier molecular flexibility index (Phi) is 3.06. The zero-order chi connectivity index (χ0) is 12.5. The molecule has 1 aromatic rings. The SMILES string of the molecule is O=C(O)c1ccccc1OC1CCS(=O)(=O)C1. The van der Waals surface area contributed by atoms with E-state index in [0.717, 1.165) is 0 Å². The monoisotopic (exact) mass is 256 g/mol. The van der Waals surface area contributed by atoms with Crippen LogP contribution in [0.15, 0.2) is 24.3 Å². The predicted octanol–water partition coefficient (Wildman–Crippen LogP) is 0.951. The molecule has 1 fully saturated rings. The summed E-state index contributed by atoms with van der Waals surface area (Å²) >= 11 is 0. The lowest BCUT2D eigenvalue weighted by atomic mass is 10.2. The van der Waals surface area contributed by atoms with Gasteiger partial charge in [-0.1, -0.05) is 12.1 Å². The first-order valence-corrected chi connectivity index (χ1v) is 6.99. The highest BCUT2D eigenvalue weighted by molar-refractivity contribution is 7.91. The van der Waals surface area contributed by atoms with Gasteiger partial charge in [-0.05, 0) is 18.6 Å². The van der Waals surface area contributed by atoms with Crippen LogP contribution in [-0.4, -0.2) is 37.1 Å². The standard InChI is InChI=1S/C11H12O5S/c12-11(13)9-3-1-2-4-10(9)16-8-5-6-17(14,15)7-8/h1-4,8H,5-7H2,(H,12,13). The Balaban J connectivity index is 2.17. The molecule has 0 bridgehead atoms. The minimum absolute atomic E-state index is 0.0407. The van der Waals surface area contributed by atoms with Gasteiger partial charge in [0.25, 0.3) is 0 Å². The summed E-state index contributed by atoms with van der Waals surface area (Å²) in [6.07, 6.45) is -0.0310. The van der Waals surface area contributed by atoms with Gasteiger partial charge in [-0.3, -0.25) is 0 Å². The molecule has 6 heteroatoms. The van der Waals surface area contributed by atoms with E-state index in [2.05, 4.69) is 0 Å². The van der Waals surface area contributed by atoms with E-state index >= 15 is 0 Å². The molecule has 0 aliphatic carbocycles. The molecule has 5 nitrogen and oxygen atoms in total. The van der Waals surface area contributed by atoms with Crippen LogP contribution in [0, 0.1) is 0 Å². The summed E-state index contributed by atoms with van der Waals surface area (Å²) in [6.45, 7) is 0. The lowest BCUT2D eigenvalue weighted by Crippen LogP contribution is -2.19. The number of hydrogen-bond acceptors (Lipinski definition) is 4. The molecule has 1 atom stereocenters. The maximum Gasteiger partial charge on any atom is 0.339 e. The minimum atomic E-state index is -3.02. The highest BCUT2D eigenvalue weighted by Crippen LogP contribution is 2.23. The number of para-hydroxylation sites is 1. The van der Waals surface area contributed by atoms with Crippen molar-refractivity contribution < 1.29 is 23.1 Å².